The number of nitrogens with zero attached hydrogens (tertiary/aromatic N) is 1. The molecule has 0 aromatic heterocycles. The van der Waals surface area contributed by atoms with Gasteiger partial charge < -0.3 is 0 Å². The fourth-order valence-electron chi connectivity index (χ4n) is 1.37. The molecule has 0 amide bonds. The van der Waals surface area contributed by atoms with Crippen LogP contribution in [-0.4, -0.2) is 23.0 Å². The van der Waals surface area contributed by atoms with E-state index in [0.717, 1.165) is 38.5 Å². The van der Waals surface area contributed by atoms with Gasteiger partial charge in [0.25, 0.3) is 0 Å². The Bertz CT molecular complexity index is 193. The van der Waals surface area contributed by atoms with Crippen molar-refractivity contribution in [3.05, 3.63) is 0 Å². The predicted octanol–water partition coefficient (Wildman–Crippen LogP) is 4.25. The monoisotopic (exact) mass is 377 g/mol. The first-order valence-electron chi connectivity index (χ1n) is 5.72. The molecule has 6 heteroatoms. The molecule has 0 fully saturated rings. The summed E-state index contributed by atoms with van der Waals surface area (Å²) >= 11 is 5.03. The maximum atomic E-state index is 11.3. The lowest BCUT2D eigenvalue weighted by Crippen LogP contribution is -2.38. The summed E-state index contributed by atoms with van der Waals surface area (Å²) in [4.78, 5) is -0.0842. The first-order valence-corrected chi connectivity index (χ1v) is 8.61. The van der Waals surface area contributed by atoms with Gasteiger partial charge in [-0.3, -0.25) is 4.55 Å². The highest BCUT2D eigenvalue weighted by Crippen LogP contribution is 2.25. The van der Waals surface area contributed by atoms with Crippen LogP contribution in [0.3, 0.4) is 0 Å². The molecule has 16 heavy (non-hydrogen) atoms. The van der Waals surface area contributed by atoms with Crippen molar-refractivity contribution in [2.45, 2.75) is 62.3 Å². The minimum atomic E-state index is -1.93. The minimum Gasteiger partial charge on any atom is -0.294 e. The lowest BCUT2D eigenvalue weighted by atomic mass is 10.2. The van der Waals surface area contributed by atoms with Crippen LogP contribution in [0.25, 0.3) is 0 Å². The standard InChI is InChI=1S/C10H21Br2NO2S/c1-3-5-7-9(11)13(16(14)15)10(12)8-6-4-2/h9-10H,3-8H2,1-2H3,(H,14,15). The molecule has 3 atom stereocenters. The molecule has 3 unspecified atom stereocenters. The van der Waals surface area contributed by atoms with Gasteiger partial charge in [-0.15, -0.1) is 0 Å². The summed E-state index contributed by atoms with van der Waals surface area (Å²) in [6.45, 7) is 4.23. The SMILES string of the molecule is CCCCC(Br)N(C(Br)CCCC)S(=O)O. The maximum Gasteiger partial charge on any atom is 0.236 e. The molecular formula is C10H21Br2NO2S. The summed E-state index contributed by atoms with van der Waals surface area (Å²) in [6.07, 6.45) is 6.06. The van der Waals surface area contributed by atoms with E-state index in [1.807, 2.05) is 0 Å². The third-order valence-corrected chi connectivity index (χ3v) is 5.53. The maximum absolute atomic E-state index is 11.3. The van der Waals surface area contributed by atoms with Crippen molar-refractivity contribution < 1.29 is 8.76 Å². The van der Waals surface area contributed by atoms with Crippen LogP contribution in [0.5, 0.6) is 0 Å². The van der Waals surface area contributed by atoms with Crippen LogP contribution in [-0.2, 0) is 11.3 Å². The van der Waals surface area contributed by atoms with E-state index < -0.39 is 11.3 Å². The van der Waals surface area contributed by atoms with Crippen molar-refractivity contribution in [1.29, 1.82) is 0 Å². The number of alkyl halides is 2. The van der Waals surface area contributed by atoms with E-state index in [-0.39, 0.29) is 9.90 Å². The van der Waals surface area contributed by atoms with Gasteiger partial charge >= 0.3 is 0 Å². The quantitative estimate of drug-likeness (QED) is 0.370. The van der Waals surface area contributed by atoms with Gasteiger partial charge in [-0.1, -0.05) is 71.4 Å². The molecule has 0 aliphatic heterocycles. The Kier molecular flexibility index (Phi) is 10.6. The molecular weight excluding hydrogens is 358 g/mol. The Hall–Kier alpha value is 1.03. The summed E-state index contributed by atoms with van der Waals surface area (Å²) in [5.74, 6) is 0. The van der Waals surface area contributed by atoms with Crippen molar-refractivity contribution >= 4 is 43.1 Å². The van der Waals surface area contributed by atoms with Crippen LogP contribution in [0, 0.1) is 0 Å². The van der Waals surface area contributed by atoms with Crippen LogP contribution >= 0.6 is 31.9 Å². The summed E-state index contributed by atoms with van der Waals surface area (Å²) < 4.78 is 22.2. The van der Waals surface area contributed by atoms with Crippen molar-refractivity contribution in [1.82, 2.24) is 4.31 Å². The zero-order valence-corrected chi connectivity index (χ0v) is 13.9. The average Bonchev–Trinajstić information content (AvgIpc) is 2.23. The largest absolute Gasteiger partial charge is 0.294 e. The van der Waals surface area contributed by atoms with E-state index in [4.69, 9.17) is 0 Å². The molecule has 0 saturated carbocycles. The van der Waals surface area contributed by atoms with Crippen LogP contribution in [0.15, 0.2) is 0 Å². The molecule has 0 aliphatic rings. The number of halogens is 2. The summed E-state index contributed by atoms with van der Waals surface area (Å²) in [5, 5.41) is 0. The Morgan fingerprint density at radius 2 is 1.50 bits per heavy atom. The highest BCUT2D eigenvalue weighted by Gasteiger charge is 2.26. The van der Waals surface area contributed by atoms with Gasteiger partial charge in [-0.25, -0.2) is 4.21 Å². The molecule has 0 heterocycles. The van der Waals surface area contributed by atoms with Gasteiger partial charge in [-0.05, 0) is 12.8 Å². The predicted molar refractivity (Wildman–Crippen MR) is 77.1 cm³/mol. The van der Waals surface area contributed by atoms with Gasteiger partial charge in [0.15, 0.2) is 0 Å². The molecule has 0 rings (SSSR count). The molecule has 98 valence electrons. The first-order chi connectivity index (χ1) is 7.54. The van der Waals surface area contributed by atoms with Gasteiger partial charge in [0.2, 0.25) is 11.3 Å². The fourth-order valence-corrected chi connectivity index (χ4v) is 4.37. The Labute approximate surface area is 118 Å². The lowest BCUT2D eigenvalue weighted by Gasteiger charge is -2.28. The third kappa shape index (κ3) is 6.69. The normalized spacial score (nSPS) is 17.4. The summed E-state index contributed by atoms with van der Waals surface area (Å²) in [5.41, 5.74) is 0. The van der Waals surface area contributed by atoms with E-state index in [1.54, 1.807) is 4.31 Å². The van der Waals surface area contributed by atoms with E-state index in [9.17, 15) is 8.76 Å². The summed E-state index contributed by atoms with van der Waals surface area (Å²) in [7, 11) is 0. The van der Waals surface area contributed by atoms with E-state index in [0.29, 0.717) is 0 Å². The first kappa shape index (κ1) is 17.0. The smallest absolute Gasteiger partial charge is 0.236 e. The molecule has 0 radical (unpaired) electrons. The zero-order valence-electron chi connectivity index (χ0n) is 9.86. The molecule has 1 N–H and O–H groups in total. The third-order valence-electron chi connectivity index (χ3n) is 2.32. The van der Waals surface area contributed by atoms with Crippen molar-refractivity contribution in [2.75, 3.05) is 0 Å². The topological polar surface area (TPSA) is 40.5 Å². The van der Waals surface area contributed by atoms with Crippen LogP contribution in [0.2, 0.25) is 0 Å². The van der Waals surface area contributed by atoms with E-state index >= 15 is 0 Å². The van der Waals surface area contributed by atoms with Crippen molar-refractivity contribution in [3.8, 4) is 0 Å². The minimum absolute atomic E-state index is 0.0421. The Morgan fingerprint density at radius 3 is 1.75 bits per heavy atom. The van der Waals surface area contributed by atoms with Crippen molar-refractivity contribution in [2.24, 2.45) is 0 Å². The van der Waals surface area contributed by atoms with Gasteiger partial charge in [-0.2, -0.15) is 4.31 Å². The van der Waals surface area contributed by atoms with Crippen LogP contribution in [0.1, 0.15) is 52.4 Å². The second-order valence-corrected chi connectivity index (χ2v) is 6.74. The fraction of sp³-hybridized carbons (Fsp3) is 1.00. The molecule has 0 bridgehead atoms. The number of rotatable bonds is 9. The molecule has 0 saturated heterocycles. The Morgan fingerprint density at radius 1 is 1.12 bits per heavy atom. The molecule has 0 aromatic rings. The summed E-state index contributed by atoms with van der Waals surface area (Å²) in [6, 6.07) is 0. The van der Waals surface area contributed by atoms with Gasteiger partial charge in [0.05, 0.1) is 9.90 Å². The van der Waals surface area contributed by atoms with Gasteiger partial charge in [0.1, 0.15) is 0 Å². The molecule has 0 spiro atoms. The molecule has 0 aromatic carbocycles. The molecule has 0 aliphatic carbocycles. The zero-order chi connectivity index (χ0) is 12.6. The van der Waals surface area contributed by atoms with Crippen LogP contribution < -0.4 is 0 Å². The molecule has 3 nitrogen and oxygen atoms in total. The van der Waals surface area contributed by atoms with E-state index in [1.165, 1.54) is 0 Å². The average molecular weight is 379 g/mol. The van der Waals surface area contributed by atoms with Crippen LogP contribution in [0.4, 0.5) is 0 Å². The van der Waals surface area contributed by atoms with E-state index in [2.05, 4.69) is 45.7 Å². The number of hydrogen-bond donors (Lipinski definition) is 1. The highest BCUT2D eigenvalue weighted by molar-refractivity contribution is 9.10. The second kappa shape index (κ2) is 10.00. The lowest BCUT2D eigenvalue weighted by molar-refractivity contribution is 0.342. The number of unbranched alkanes of at least 4 members (excludes halogenated alkanes) is 2. The van der Waals surface area contributed by atoms with Gasteiger partial charge in [0, 0.05) is 0 Å². The second-order valence-electron chi connectivity index (χ2n) is 3.74. The van der Waals surface area contributed by atoms with Crippen molar-refractivity contribution in [3.63, 3.8) is 0 Å². The Balaban J connectivity index is 4.28. The number of hydrogen-bond acceptors (Lipinski definition) is 1. The highest BCUT2D eigenvalue weighted by atomic mass is 79.9.